The van der Waals surface area contributed by atoms with Gasteiger partial charge in [0, 0.05) is 13.0 Å². The Morgan fingerprint density at radius 2 is 1.64 bits per heavy atom. The number of amides is 1. The van der Waals surface area contributed by atoms with E-state index in [1.807, 2.05) is 0 Å². The maximum absolute atomic E-state index is 11.7. The van der Waals surface area contributed by atoms with Gasteiger partial charge in [0.2, 0.25) is 5.91 Å². The van der Waals surface area contributed by atoms with Crippen LogP contribution in [0.5, 0.6) is 0 Å². The van der Waals surface area contributed by atoms with Gasteiger partial charge in [-0.25, -0.2) is 0 Å². The van der Waals surface area contributed by atoms with Gasteiger partial charge < -0.3 is 30.4 Å². The monoisotopic (exact) mass is 362 g/mol. The molecule has 9 nitrogen and oxygen atoms in total. The Kier molecular flexibility index (Phi) is 11.8. The van der Waals surface area contributed by atoms with Crippen molar-refractivity contribution in [3.05, 3.63) is 0 Å². The summed E-state index contributed by atoms with van der Waals surface area (Å²) >= 11 is 0. The molecule has 0 aliphatic heterocycles. The molecule has 146 valence electrons. The second-order valence-electron chi connectivity index (χ2n) is 6.40. The van der Waals surface area contributed by atoms with Gasteiger partial charge in [-0.15, -0.1) is 0 Å². The lowest BCUT2D eigenvalue weighted by atomic mass is 10.1. The summed E-state index contributed by atoms with van der Waals surface area (Å²) in [7, 11) is 0. The zero-order chi connectivity index (χ0) is 19.3. The Hall–Kier alpha value is -1.71. The first-order valence-electron chi connectivity index (χ1n) is 8.24. The average Bonchev–Trinajstić information content (AvgIpc) is 2.48. The Balaban J connectivity index is 3.58. The summed E-state index contributed by atoms with van der Waals surface area (Å²) in [6.07, 6.45) is 0.291. The van der Waals surface area contributed by atoms with Crippen LogP contribution in [0.25, 0.3) is 0 Å². The van der Waals surface area contributed by atoms with E-state index in [9.17, 15) is 14.4 Å². The highest BCUT2D eigenvalue weighted by Gasteiger charge is 2.22. The number of hydrogen-bond acceptors (Lipinski definition) is 7. The van der Waals surface area contributed by atoms with Crippen molar-refractivity contribution in [3.8, 4) is 0 Å². The third-order valence-corrected chi connectivity index (χ3v) is 2.79. The van der Waals surface area contributed by atoms with E-state index in [0.29, 0.717) is 26.4 Å². The summed E-state index contributed by atoms with van der Waals surface area (Å²) in [5.74, 6) is -1.65. The standard InChI is InChI=1S/C16H30N2O7/c1-16(2,3)25-15(22)12(17)4-5-13(19)18-7-9-24-11-10-23-8-6-14(20)21/h12H,4-11,17H2,1-3H3,(H,18,19)(H,20,21). The zero-order valence-corrected chi connectivity index (χ0v) is 15.2. The van der Waals surface area contributed by atoms with E-state index in [1.54, 1.807) is 20.8 Å². The van der Waals surface area contributed by atoms with Gasteiger partial charge >= 0.3 is 11.9 Å². The van der Waals surface area contributed by atoms with E-state index in [1.165, 1.54) is 0 Å². The molecule has 0 aliphatic rings. The molecular formula is C16H30N2O7. The topological polar surface area (TPSA) is 137 Å². The number of carbonyl (C=O) groups excluding carboxylic acids is 2. The number of aliphatic carboxylic acids is 1. The minimum atomic E-state index is -0.907. The van der Waals surface area contributed by atoms with Crippen LogP contribution in [0.3, 0.4) is 0 Å². The first-order valence-corrected chi connectivity index (χ1v) is 8.24. The number of carboxylic acids is 1. The molecule has 0 aliphatic carbocycles. The van der Waals surface area contributed by atoms with Crippen molar-refractivity contribution in [1.29, 1.82) is 0 Å². The molecule has 0 saturated heterocycles. The van der Waals surface area contributed by atoms with Crippen molar-refractivity contribution in [3.63, 3.8) is 0 Å². The summed E-state index contributed by atoms with van der Waals surface area (Å²) in [4.78, 5) is 33.6. The lowest BCUT2D eigenvalue weighted by Gasteiger charge is -2.22. The van der Waals surface area contributed by atoms with Crippen molar-refractivity contribution in [2.24, 2.45) is 5.73 Å². The molecule has 1 amide bonds. The fourth-order valence-electron chi connectivity index (χ4n) is 1.61. The molecule has 4 N–H and O–H groups in total. The van der Waals surface area contributed by atoms with Crippen LogP contribution in [0, 0.1) is 0 Å². The molecule has 1 atom stereocenters. The second-order valence-corrected chi connectivity index (χ2v) is 6.40. The third-order valence-electron chi connectivity index (χ3n) is 2.79. The first kappa shape index (κ1) is 23.3. The molecule has 0 aromatic rings. The van der Waals surface area contributed by atoms with Gasteiger partial charge in [-0.3, -0.25) is 14.4 Å². The van der Waals surface area contributed by atoms with Gasteiger partial charge in [0.15, 0.2) is 0 Å². The lowest BCUT2D eigenvalue weighted by Crippen LogP contribution is -2.38. The molecule has 0 spiro atoms. The van der Waals surface area contributed by atoms with Crippen LogP contribution in [-0.2, 0) is 28.6 Å². The van der Waals surface area contributed by atoms with Gasteiger partial charge in [-0.05, 0) is 27.2 Å². The number of hydrogen-bond donors (Lipinski definition) is 3. The smallest absolute Gasteiger partial charge is 0.323 e. The van der Waals surface area contributed by atoms with Crippen LogP contribution in [0.1, 0.15) is 40.0 Å². The van der Waals surface area contributed by atoms with E-state index < -0.39 is 23.6 Å². The minimum Gasteiger partial charge on any atom is -0.481 e. The summed E-state index contributed by atoms with van der Waals surface area (Å²) in [5.41, 5.74) is 5.09. The number of carbonyl (C=O) groups is 3. The van der Waals surface area contributed by atoms with Gasteiger partial charge in [-0.2, -0.15) is 0 Å². The third kappa shape index (κ3) is 15.6. The molecule has 0 bridgehead atoms. The quantitative estimate of drug-likeness (QED) is 0.309. The molecule has 0 heterocycles. The first-order chi connectivity index (χ1) is 11.6. The number of esters is 1. The van der Waals surface area contributed by atoms with Crippen molar-refractivity contribution in [2.75, 3.05) is 33.0 Å². The van der Waals surface area contributed by atoms with E-state index in [2.05, 4.69) is 5.32 Å². The Morgan fingerprint density at radius 1 is 1.04 bits per heavy atom. The van der Waals surface area contributed by atoms with Crippen molar-refractivity contribution in [1.82, 2.24) is 5.32 Å². The van der Waals surface area contributed by atoms with E-state index in [-0.39, 0.29) is 31.8 Å². The van der Waals surface area contributed by atoms with Gasteiger partial charge in [0.05, 0.1) is 32.8 Å². The fraction of sp³-hybridized carbons (Fsp3) is 0.812. The van der Waals surface area contributed by atoms with Crippen molar-refractivity contribution in [2.45, 2.75) is 51.7 Å². The molecule has 9 heteroatoms. The number of carboxylic acid groups (broad SMARTS) is 1. The summed E-state index contributed by atoms with van der Waals surface area (Å²) in [5, 5.41) is 11.1. The van der Waals surface area contributed by atoms with Gasteiger partial charge in [0.25, 0.3) is 0 Å². The Labute approximate surface area is 148 Å². The number of ether oxygens (including phenoxy) is 3. The molecule has 25 heavy (non-hydrogen) atoms. The van der Waals surface area contributed by atoms with Crippen molar-refractivity contribution < 1.29 is 33.7 Å². The highest BCUT2D eigenvalue weighted by molar-refractivity contribution is 5.79. The lowest BCUT2D eigenvalue weighted by molar-refractivity contribution is -0.156. The second kappa shape index (κ2) is 12.6. The van der Waals surface area contributed by atoms with Crippen LogP contribution in [0.4, 0.5) is 0 Å². The fourth-order valence-corrected chi connectivity index (χ4v) is 1.61. The van der Waals surface area contributed by atoms with Gasteiger partial charge in [0.1, 0.15) is 11.6 Å². The molecule has 0 aromatic carbocycles. The maximum Gasteiger partial charge on any atom is 0.323 e. The predicted octanol–water partition coefficient (Wildman–Crippen LogP) is 0.0597. The van der Waals surface area contributed by atoms with Crippen LogP contribution in [0.15, 0.2) is 0 Å². The SMILES string of the molecule is CC(C)(C)OC(=O)C(N)CCC(=O)NCCOCCOCCC(=O)O. The van der Waals surface area contributed by atoms with Crippen LogP contribution in [0.2, 0.25) is 0 Å². The molecule has 0 fully saturated rings. The van der Waals surface area contributed by atoms with Crippen LogP contribution >= 0.6 is 0 Å². The van der Waals surface area contributed by atoms with Crippen LogP contribution < -0.4 is 11.1 Å². The summed E-state index contributed by atoms with van der Waals surface area (Å²) < 4.78 is 15.4. The Morgan fingerprint density at radius 3 is 2.20 bits per heavy atom. The highest BCUT2D eigenvalue weighted by Crippen LogP contribution is 2.09. The number of nitrogens with one attached hydrogen (secondary N) is 1. The minimum absolute atomic E-state index is 0.0402. The highest BCUT2D eigenvalue weighted by atomic mass is 16.6. The van der Waals surface area contributed by atoms with E-state index in [4.69, 9.17) is 25.1 Å². The molecule has 0 rings (SSSR count). The molecule has 0 aromatic heterocycles. The van der Waals surface area contributed by atoms with Crippen molar-refractivity contribution >= 4 is 17.8 Å². The van der Waals surface area contributed by atoms with Gasteiger partial charge in [-0.1, -0.05) is 0 Å². The average molecular weight is 362 g/mol. The Bertz CT molecular complexity index is 421. The molecule has 0 saturated carbocycles. The summed E-state index contributed by atoms with van der Waals surface area (Å²) in [6.45, 7) is 6.66. The normalized spacial score (nSPS) is 12.5. The summed E-state index contributed by atoms with van der Waals surface area (Å²) in [6, 6.07) is -0.829. The molecular weight excluding hydrogens is 332 g/mol. The van der Waals surface area contributed by atoms with Crippen LogP contribution in [-0.4, -0.2) is 67.6 Å². The van der Waals surface area contributed by atoms with E-state index >= 15 is 0 Å². The number of rotatable bonds is 13. The molecule has 0 radical (unpaired) electrons. The largest absolute Gasteiger partial charge is 0.481 e. The van der Waals surface area contributed by atoms with E-state index in [0.717, 1.165) is 0 Å². The zero-order valence-electron chi connectivity index (χ0n) is 15.2. The predicted molar refractivity (Wildman–Crippen MR) is 90.0 cm³/mol. The maximum atomic E-state index is 11.7. The number of nitrogens with two attached hydrogens (primary N) is 1. The molecule has 1 unspecified atom stereocenters.